The van der Waals surface area contributed by atoms with Crippen LogP contribution in [0.25, 0.3) is 0 Å². The Labute approximate surface area is 124 Å². The number of epoxide rings is 1. The van der Waals surface area contributed by atoms with Crippen molar-refractivity contribution in [2.45, 2.75) is 12.2 Å². The maximum Gasteiger partial charge on any atom is 0.194 e. The fraction of sp³-hybridized carbons (Fsp3) is 0.133. The fourth-order valence-electron chi connectivity index (χ4n) is 2.03. The van der Waals surface area contributed by atoms with E-state index in [1.54, 1.807) is 24.3 Å². The smallest absolute Gasteiger partial charge is 0.194 e. The highest BCUT2D eigenvalue weighted by molar-refractivity contribution is 9.10. The number of benzene rings is 2. The molecule has 0 aromatic heterocycles. The Hall–Kier alpha value is -1.16. The average molecular weight is 338 g/mol. The number of rotatable bonds is 3. The molecule has 2 aromatic rings. The van der Waals surface area contributed by atoms with Gasteiger partial charge in [-0.1, -0.05) is 39.7 Å². The van der Waals surface area contributed by atoms with Crippen molar-refractivity contribution in [1.29, 1.82) is 0 Å². The van der Waals surface area contributed by atoms with Crippen molar-refractivity contribution in [1.82, 2.24) is 0 Å². The second kappa shape index (κ2) is 5.08. The summed E-state index contributed by atoms with van der Waals surface area (Å²) < 4.78 is 6.49. The van der Waals surface area contributed by atoms with Crippen molar-refractivity contribution in [3.8, 4) is 0 Å². The van der Waals surface area contributed by atoms with Crippen molar-refractivity contribution in [3.63, 3.8) is 0 Å². The van der Waals surface area contributed by atoms with Gasteiger partial charge in [0.25, 0.3) is 0 Å². The Morgan fingerprint density at radius 1 is 1.16 bits per heavy atom. The van der Waals surface area contributed by atoms with Crippen molar-refractivity contribution in [3.05, 3.63) is 69.2 Å². The van der Waals surface area contributed by atoms with Gasteiger partial charge in [-0.15, -0.1) is 0 Å². The van der Waals surface area contributed by atoms with Crippen molar-refractivity contribution >= 4 is 33.3 Å². The number of Topliss-reactive ketones (excluding diaryl/α,β-unsaturated/α-hetero) is 1. The normalized spacial score (nSPS) is 21.2. The van der Waals surface area contributed by atoms with Crippen LogP contribution in [-0.4, -0.2) is 11.9 Å². The van der Waals surface area contributed by atoms with Gasteiger partial charge >= 0.3 is 0 Å². The summed E-state index contributed by atoms with van der Waals surface area (Å²) in [7, 11) is 0. The predicted molar refractivity (Wildman–Crippen MR) is 77.5 cm³/mol. The molecule has 1 saturated heterocycles. The minimum Gasteiger partial charge on any atom is -0.356 e. The molecule has 0 bridgehead atoms. The van der Waals surface area contributed by atoms with Gasteiger partial charge in [0.15, 0.2) is 11.9 Å². The second-order valence-electron chi connectivity index (χ2n) is 4.40. The van der Waals surface area contributed by atoms with Crippen LogP contribution in [-0.2, 0) is 4.74 Å². The molecule has 0 amide bonds. The molecule has 4 heteroatoms. The molecule has 19 heavy (non-hydrogen) atoms. The van der Waals surface area contributed by atoms with Crippen LogP contribution in [0.5, 0.6) is 0 Å². The average Bonchev–Trinajstić information content (AvgIpc) is 3.19. The standard InChI is InChI=1S/C15H10BrClO2/c16-11-3-1-2-10(8-11)14-15(19-14)13(18)9-4-6-12(17)7-5-9/h1-8,14-15H. The maximum atomic E-state index is 12.2. The van der Waals surface area contributed by atoms with Gasteiger partial charge in [-0.2, -0.15) is 0 Å². The first-order valence-corrected chi connectivity index (χ1v) is 7.03. The number of carbonyl (C=O) groups is 1. The van der Waals surface area contributed by atoms with E-state index in [9.17, 15) is 4.79 Å². The van der Waals surface area contributed by atoms with E-state index in [4.69, 9.17) is 16.3 Å². The van der Waals surface area contributed by atoms with Crippen LogP contribution in [0.4, 0.5) is 0 Å². The van der Waals surface area contributed by atoms with Crippen LogP contribution in [0.2, 0.25) is 5.02 Å². The molecule has 0 aliphatic carbocycles. The first-order valence-electron chi connectivity index (χ1n) is 5.86. The monoisotopic (exact) mass is 336 g/mol. The summed E-state index contributed by atoms with van der Waals surface area (Å²) in [5, 5.41) is 0.622. The molecule has 1 aliphatic rings. The molecular weight excluding hydrogens is 328 g/mol. The van der Waals surface area contributed by atoms with Crippen LogP contribution in [0, 0.1) is 0 Å². The largest absolute Gasteiger partial charge is 0.356 e. The van der Waals surface area contributed by atoms with E-state index in [1.165, 1.54) is 0 Å². The van der Waals surface area contributed by atoms with E-state index in [1.807, 2.05) is 24.3 Å². The third-order valence-electron chi connectivity index (χ3n) is 3.06. The van der Waals surface area contributed by atoms with Crippen LogP contribution in [0.1, 0.15) is 22.0 Å². The highest BCUT2D eigenvalue weighted by atomic mass is 79.9. The van der Waals surface area contributed by atoms with Crippen molar-refractivity contribution in [2.75, 3.05) is 0 Å². The minimum atomic E-state index is -0.379. The molecule has 96 valence electrons. The highest BCUT2D eigenvalue weighted by Gasteiger charge is 2.46. The second-order valence-corrected chi connectivity index (χ2v) is 5.76. The van der Waals surface area contributed by atoms with Gasteiger partial charge in [0.2, 0.25) is 0 Å². The van der Waals surface area contributed by atoms with Crippen LogP contribution < -0.4 is 0 Å². The fourth-order valence-corrected chi connectivity index (χ4v) is 2.57. The van der Waals surface area contributed by atoms with E-state index in [2.05, 4.69) is 15.9 Å². The van der Waals surface area contributed by atoms with Gasteiger partial charge in [0, 0.05) is 15.1 Å². The molecule has 0 N–H and O–H groups in total. The number of hydrogen-bond donors (Lipinski definition) is 0. The zero-order valence-electron chi connectivity index (χ0n) is 9.85. The highest BCUT2D eigenvalue weighted by Crippen LogP contribution is 2.41. The molecule has 2 aromatic carbocycles. The zero-order chi connectivity index (χ0) is 13.4. The van der Waals surface area contributed by atoms with Crippen LogP contribution >= 0.6 is 27.5 Å². The zero-order valence-corrected chi connectivity index (χ0v) is 12.2. The number of halogens is 2. The van der Waals surface area contributed by atoms with Crippen molar-refractivity contribution in [2.24, 2.45) is 0 Å². The summed E-state index contributed by atoms with van der Waals surface area (Å²) in [6, 6.07) is 14.7. The number of ether oxygens (including phenoxy) is 1. The van der Waals surface area contributed by atoms with Gasteiger partial charge < -0.3 is 4.74 Å². The SMILES string of the molecule is O=C(c1ccc(Cl)cc1)C1OC1c1cccc(Br)c1. The molecule has 0 radical (unpaired) electrons. The first kappa shape index (κ1) is 12.9. The summed E-state index contributed by atoms with van der Waals surface area (Å²) in [6.07, 6.45) is -0.517. The van der Waals surface area contributed by atoms with E-state index in [-0.39, 0.29) is 18.0 Å². The van der Waals surface area contributed by atoms with E-state index >= 15 is 0 Å². The van der Waals surface area contributed by atoms with Crippen LogP contribution in [0.3, 0.4) is 0 Å². The lowest BCUT2D eigenvalue weighted by atomic mass is 10.0. The Morgan fingerprint density at radius 2 is 1.89 bits per heavy atom. The van der Waals surface area contributed by atoms with Gasteiger partial charge in [-0.05, 0) is 42.0 Å². The minimum absolute atomic E-state index is 0.00152. The van der Waals surface area contributed by atoms with Crippen molar-refractivity contribution < 1.29 is 9.53 Å². The molecule has 1 aliphatic heterocycles. The number of carbonyl (C=O) groups excluding carboxylic acids is 1. The Kier molecular flexibility index (Phi) is 3.44. The summed E-state index contributed by atoms with van der Waals surface area (Å²) in [6.45, 7) is 0. The molecular formula is C15H10BrClO2. The van der Waals surface area contributed by atoms with Gasteiger partial charge in [-0.25, -0.2) is 0 Å². The van der Waals surface area contributed by atoms with Crippen LogP contribution in [0.15, 0.2) is 53.0 Å². The first-order chi connectivity index (χ1) is 9.15. The Bertz CT molecular complexity index is 624. The Balaban J connectivity index is 1.76. The van der Waals surface area contributed by atoms with E-state index in [0.717, 1.165) is 10.0 Å². The Morgan fingerprint density at radius 3 is 2.58 bits per heavy atom. The molecule has 1 fully saturated rings. The number of hydrogen-bond acceptors (Lipinski definition) is 2. The summed E-state index contributed by atoms with van der Waals surface area (Å²) in [5.41, 5.74) is 1.65. The summed E-state index contributed by atoms with van der Waals surface area (Å²) >= 11 is 9.22. The van der Waals surface area contributed by atoms with Gasteiger partial charge in [0.1, 0.15) is 6.10 Å². The van der Waals surface area contributed by atoms with E-state index < -0.39 is 0 Å². The molecule has 3 rings (SSSR count). The quantitative estimate of drug-likeness (QED) is 0.613. The predicted octanol–water partition coefficient (Wildman–Crippen LogP) is 4.43. The van der Waals surface area contributed by atoms with Gasteiger partial charge in [0.05, 0.1) is 0 Å². The molecule has 2 atom stereocenters. The summed E-state index contributed by atoms with van der Waals surface area (Å²) in [4.78, 5) is 12.2. The molecule has 0 spiro atoms. The lowest BCUT2D eigenvalue weighted by molar-refractivity contribution is 0.0953. The summed E-state index contributed by atoms with van der Waals surface area (Å²) in [5.74, 6) is 0.00152. The molecule has 2 nitrogen and oxygen atoms in total. The molecule has 0 saturated carbocycles. The topological polar surface area (TPSA) is 29.6 Å². The third-order valence-corrected chi connectivity index (χ3v) is 3.80. The molecule has 2 unspecified atom stereocenters. The van der Waals surface area contributed by atoms with E-state index in [0.29, 0.717) is 10.6 Å². The lowest BCUT2D eigenvalue weighted by Crippen LogP contribution is -2.07. The number of ketones is 1. The third kappa shape index (κ3) is 2.73. The maximum absolute atomic E-state index is 12.2. The molecule has 1 heterocycles. The lowest BCUT2D eigenvalue weighted by Gasteiger charge is -1.99. The van der Waals surface area contributed by atoms with Gasteiger partial charge in [-0.3, -0.25) is 4.79 Å².